The van der Waals surface area contributed by atoms with Crippen LogP contribution in [0.1, 0.15) is 49.8 Å². The van der Waals surface area contributed by atoms with Crippen molar-refractivity contribution >= 4 is 17.3 Å². The number of hydrogen-bond acceptors (Lipinski definition) is 3. The average molecular weight is 344 g/mol. The van der Waals surface area contributed by atoms with E-state index in [1.165, 1.54) is 5.69 Å². The fraction of sp³-hybridized carbons (Fsp3) is 0.444. The maximum atomic E-state index is 9.25. The van der Waals surface area contributed by atoms with E-state index in [-0.39, 0.29) is 18.7 Å². The lowest BCUT2D eigenvalue weighted by Gasteiger charge is -2.29. The summed E-state index contributed by atoms with van der Waals surface area (Å²) in [6.07, 6.45) is 4.62. The number of aliphatic hydroxyl groups excluding tert-OH is 1. The van der Waals surface area contributed by atoms with Gasteiger partial charge in [0.15, 0.2) is 5.11 Å². The Balaban J connectivity index is 2.02. The molecule has 0 unspecified atom stereocenters. The third-order valence-corrected chi connectivity index (χ3v) is 4.78. The molecule has 0 spiro atoms. The summed E-state index contributed by atoms with van der Waals surface area (Å²) in [6.45, 7) is 5.24. The summed E-state index contributed by atoms with van der Waals surface area (Å²) in [4.78, 5) is 6.72. The van der Waals surface area contributed by atoms with E-state index in [4.69, 9.17) is 12.2 Å². The molecule has 2 aromatic rings. The molecule has 0 saturated carbocycles. The van der Waals surface area contributed by atoms with Crippen molar-refractivity contribution in [3.8, 4) is 0 Å². The zero-order chi connectivity index (χ0) is 17.1. The maximum Gasteiger partial charge on any atom is 0.170 e. The largest absolute Gasteiger partial charge is 0.396 e. The molecular weight excluding hydrogens is 320 g/mol. The molecule has 0 amide bonds. The lowest BCUT2D eigenvalue weighted by atomic mass is 10.0. The standard InChI is InChI=1S/C18H24N4OS/c1-13(2)21-10-5-8-15(21)17-16(14-7-3-4-9-19-14)20-18(24)22(17)11-6-12-23/h3-5,7-10,13,16-17,23H,6,11-12H2,1-2H3,(H,20,24)/t16-,17+/m1/s1. The molecule has 1 aliphatic rings. The van der Waals surface area contributed by atoms with E-state index in [0.717, 1.165) is 17.4 Å². The van der Waals surface area contributed by atoms with Crippen LogP contribution in [0, 0.1) is 0 Å². The molecule has 24 heavy (non-hydrogen) atoms. The Hall–Kier alpha value is -1.92. The number of pyridine rings is 1. The first-order valence-corrected chi connectivity index (χ1v) is 8.80. The molecule has 3 heterocycles. The lowest BCUT2D eigenvalue weighted by Crippen LogP contribution is -2.32. The van der Waals surface area contributed by atoms with Gasteiger partial charge in [0.05, 0.1) is 17.8 Å². The Morgan fingerprint density at radius 3 is 2.79 bits per heavy atom. The van der Waals surface area contributed by atoms with E-state index in [0.29, 0.717) is 12.5 Å². The van der Waals surface area contributed by atoms with Crippen molar-refractivity contribution in [2.45, 2.75) is 38.4 Å². The van der Waals surface area contributed by atoms with Crippen LogP contribution in [0.3, 0.4) is 0 Å². The number of hydrogen-bond donors (Lipinski definition) is 2. The van der Waals surface area contributed by atoms with Crippen LogP contribution in [0.25, 0.3) is 0 Å². The molecule has 2 aromatic heterocycles. The summed E-state index contributed by atoms with van der Waals surface area (Å²) in [6, 6.07) is 10.6. The smallest absolute Gasteiger partial charge is 0.170 e. The number of nitrogens with zero attached hydrogens (tertiary/aromatic N) is 3. The highest BCUT2D eigenvalue weighted by Crippen LogP contribution is 2.39. The van der Waals surface area contributed by atoms with Gasteiger partial charge in [-0.3, -0.25) is 4.98 Å². The Labute approximate surface area is 148 Å². The highest BCUT2D eigenvalue weighted by atomic mass is 32.1. The minimum Gasteiger partial charge on any atom is -0.396 e. The third-order valence-electron chi connectivity index (χ3n) is 4.43. The van der Waals surface area contributed by atoms with Crippen molar-refractivity contribution in [1.82, 2.24) is 19.8 Å². The van der Waals surface area contributed by atoms with Crippen LogP contribution < -0.4 is 5.32 Å². The first-order chi connectivity index (χ1) is 11.6. The fourth-order valence-electron chi connectivity index (χ4n) is 3.34. The molecule has 6 heteroatoms. The van der Waals surface area contributed by atoms with E-state index < -0.39 is 0 Å². The molecule has 2 atom stereocenters. The summed E-state index contributed by atoms with van der Waals surface area (Å²) in [7, 11) is 0. The Bertz CT molecular complexity index is 685. The normalized spacial score (nSPS) is 20.7. The highest BCUT2D eigenvalue weighted by molar-refractivity contribution is 7.80. The minimum absolute atomic E-state index is 0.00444. The number of aliphatic hydroxyl groups is 1. The van der Waals surface area contributed by atoms with Crippen molar-refractivity contribution in [2.24, 2.45) is 0 Å². The van der Waals surface area contributed by atoms with Crippen molar-refractivity contribution in [2.75, 3.05) is 13.2 Å². The van der Waals surface area contributed by atoms with Gasteiger partial charge in [0.25, 0.3) is 0 Å². The molecule has 2 N–H and O–H groups in total. The van der Waals surface area contributed by atoms with Gasteiger partial charge in [0.1, 0.15) is 0 Å². The van der Waals surface area contributed by atoms with Crippen LogP contribution in [-0.4, -0.2) is 37.8 Å². The molecule has 1 saturated heterocycles. The lowest BCUT2D eigenvalue weighted by molar-refractivity contribution is 0.242. The van der Waals surface area contributed by atoms with Crippen LogP contribution in [0.2, 0.25) is 0 Å². The zero-order valence-electron chi connectivity index (χ0n) is 14.1. The molecule has 0 aromatic carbocycles. The topological polar surface area (TPSA) is 53.3 Å². The van der Waals surface area contributed by atoms with Gasteiger partial charge in [0.2, 0.25) is 0 Å². The van der Waals surface area contributed by atoms with E-state index in [9.17, 15) is 5.11 Å². The van der Waals surface area contributed by atoms with Crippen molar-refractivity contribution < 1.29 is 5.11 Å². The second-order valence-corrected chi connectivity index (χ2v) is 6.72. The molecule has 3 rings (SSSR count). The van der Waals surface area contributed by atoms with Crippen LogP contribution in [-0.2, 0) is 0 Å². The molecule has 0 bridgehead atoms. The number of aromatic nitrogens is 2. The minimum atomic E-state index is 0.00444. The van der Waals surface area contributed by atoms with Crippen LogP contribution in [0.15, 0.2) is 42.7 Å². The first kappa shape index (κ1) is 16.9. The second-order valence-electron chi connectivity index (χ2n) is 6.33. The van der Waals surface area contributed by atoms with Gasteiger partial charge >= 0.3 is 0 Å². The number of rotatable bonds is 6. The van der Waals surface area contributed by atoms with Gasteiger partial charge in [-0.05, 0) is 56.8 Å². The van der Waals surface area contributed by atoms with Crippen LogP contribution >= 0.6 is 12.2 Å². The van der Waals surface area contributed by atoms with Crippen LogP contribution in [0.5, 0.6) is 0 Å². The molecule has 0 radical (unpaired) electrons. The molecule has 1 fully saturated rings. The van der Waals surface area contributed by atoms with Crippen molar-refractivity contribution in [1.29, 1.82) is 0 Å². The van der Waals surface area contributed by atoms with Crippen LogP contribution in [0.4, 0.5) is 0 Å². The highest BCUT2D eigenvalue weighted by Gasteiger charge is 2.40. The van der Waals surface area contributed by atoms with Gasteiger partial charge in [-0.15, -0.1) is 0 Å². The fourth-order valence-corrected chi connectivity index (χ4v) is 3.67. The molecule has 128 valence electrons. The Morgan fingerprint density at radius 1 is 1.29 bits per heavy atom. The van der Waals surface area contributed by atoms with Gasteiger partial charge in [0, 0.05) is 37.3 Å². The summed E-state index contributed by atoms with van der Waals surface area (Å²) in [5, 5.41) is 13.4. The first-order valence-electron chi connectivity index (χ1n) is 8.39. The molecule has 1 aliphatic heterocycles. The van der Waals surface area contributed by atoms with Gasteiger partial charge in [-0.2, -0.15) is 0 Å². The van der Waals surface area contributed by atoms with Gasteiger partial charge < -0.3 is 19.9 Å². The van der Waals surface area contributed by atoms with Crippen molar-refractivity contribution in [3.63, 3.8) is 0 Å². The Kier molecular flexibility index (Phi) is 5.16. The Morgan fingerprint density at radius 2 is 2.12 bits per heavy atom. The van der Waals surface area contributed by atoms with Crippen molar-refractivity contribution in [3.05, 3.63) is 54.1 Å². The van der Waals surface area contributed by atoms with E-state index >= 15 is 0 Å². The number of thiocarbonyl (C=S) groups is 1. The van der Waals surface area contributed by atoms with Gasteiger partial charge in [-0.1, -0.05) is 6.07 Å². The molecule has 0 aliphatic carbocycles. The van der Waals surface area contributed by atoms with E-state index in [1.807, 2.05) is 24.4 Å². The molecule has 5 nitrogen and oxygen atoms in total. The SMILES string of the molecule is CC(C)n1cccc1[C@H]1[C@@H](c2ccccn2)NC(=S)N1CCCO. The summed E-state index contributed by atoms with van der Waals surface area (Å²) in [5.41, 5.74) is 2.19. The third kappa shape index (κ3) is 3.16. The monoisotopic (exact) mass is 344 g/mol. The quantitative estimate of drug-likeness (QED) is 0.789. The zero-order valence-corrected chi connectivity index (χ0v) is 14.9. The molecular formula is C18H24N4OS. The van der Waals surface area contributed by atoms with Gasteiger partial charge in [-0.25, -0.2) is 0 Å². The maximum absolute atomic E-state index is 9.25. The van der Waals surface area contributed by atoms with E-state index in [2.05, 4.69) is 51.9 Å². The van der Waals surface area contributed by atoms with E-state index in [1.54, 1.807) is 0 Å². The summed E-state index contributed by atoms with van der Waals surface area (Å²) < 4.78 is 2.28. The summed E-state index contributed by atoms with van der Waals surface area (Å²) >= 11 is 5.59. The predicted octanol–water partition coefficient (Wildman–Crippen LogP) is 2.82. The number of nitrogens with one attached hydrogen (secondary N) is 1. The second kappa shape index (κ2) is 7.32. The average Bonchev–Trinajstić information content (AvgIpc) is 3.18. The predicted molar refractivity (Wildman–Crippen MR) is 98.7 cm³/mol. The summed E-state index contributed by atoms with van der Waals surface area (Å²) in [5.74, 6) is 0.